The van der Waals surface area contributed by atoms with E-state index in [-0.39, 0.29) is 18.3 Å². The van der Waals surface area contributed by atoms with Crippen molar-refractivity contribution in [1.29, 1.82) is 0 Å². The molecular weight excluding hydrogens is 508 g/mol. The quantitative estimate of drug-likeness (QED) is 0.219. The summed E-state index contributed by atoms with van der Waals surface area (Å²) in [6.45, 7) is 11.7. The average Bonchev–Trinajstić information content (AvgIpc) is 3.28. The molecule has 0 unspecified atom stereocenters. The second-order valence-corrected chi connectivity index (χ2v) is 12.6. The highest BCUT2D eigenvalue weighted by Gasteiger charge is 2.86. The van der Waals surface area contributed by atoms with Gasteiger partial charge in [0.05, 0.1) is 19.3 Å². The number of ether oxygens (including phenoxy) is 7. The summed E-state index contributed by atoms with van der Waals surface area (Å²) in [5.41, 5.74) is -1.93. The zero-order valence-electron chi connectivity index (χ0n) is 23.6. The Balaban J connectivity index is 1.53. The van der Waals surface area contributed by atoms with Crippen LogP contribution in [0.3, 0.4) is 0 Å². The van der Waals surface area contributed by atoms with E-state index in [0.717, 1.165) is 12.8 Å². The van der Waals surface area contributed by atoms with E-state index in [0.29, 0.717) is 37.5 Å². The van der Waals surface area contributed by atoms with Crippen LogP contribution in [0.4, 0.5) is 0 Å². The molecule has 2 saturated carbocycles. The van der Waals surface area contributed by atoms with Crippen molar-refractivity contribution < 1.29 is 47.5 Å². The van der Waals surface area contributed by atoms with Gasteiger partial charge in [0, 0.05) is 43.1 Å². The number of carbonyl (C=O) groups is 3. The lowest BCUT2D eigenvalue weighted by atomic mass is 9.39. The van der Waals surface area contributed by atoms with Crippen LogP contribution >= 0.6 is 0 Å². The van der Waals surface area contributed by atoms with E-state index in [1.165, 1.54) is 13.8 Å². The minimum atomic E-state index is -1.10. The van der Waals surface area contributed by atoms with Crippen molar-refractivity contribution in [3.63, 3.8) is 0 Å². The Morgan fingerprint density at radius 2 is 1.72 bits per heavy atom. The van der Waals surface area contributed by atoms with E-state index in [1.54, 1.807) is 19.9 Å². The molecule has 10 nitrogen and oxygen atoms in total. The van der Waals surface area contributed by atoms with Gasteiger partial charge in [-0.15, -0.1) is 0 Å². The lowest BCUT2D eigenvalue weighted by Gasteiger charge is -2.70. The van der Waals surface area contributed by atoms with Crippen LogP contribution in [-0.2, 0) is 47.5 Å². The molecule has 0 aromatic heterocycles. The van der Waals surface area contributed by atoms with Crippen LogP contribution in [0, 0.1) is 28.6 Å². The molecule has 39 heavy (non-hydrogen) atoms. The highest BCUT2D eigenvalue weighted by molar-refractivity contribution is 5.87. The number of allylic oxidation sites excluding steroid dienone is 1. The fraction of sp³-hybridized carbons (Fsp3) is 0.828. The predicted molar refractivity (Wildman–Crippen MR) is 134 cm³/mol. The molecule has 0 radical (unpaired) electrons. The summed E-state index contributed by atoms with van der Waals surface area (Å²) in [6, 6.07) is 0. The predicted octanol–water partition coefficient (Wildman–Crippen LogP) is 3.06. The molecule has 0 aromatic carbocycles. The Morgan fingerprint density at radius 1 is 1.00 bits per heavy atom. The highest BCUT2D eigenvalue weighted by atomic mass is 16.7. The van der Waals surface area contributed by atoms with E-state index in [4.69, 9.17) is 33.2 Å². The van der Waals surface area contributed by atoms with Crippen LogP contribution in [0.25, 0.3) is 0 Å². The normalized spacial score (nSPS) is 49.8. The summed E-state index contributed by atoms with van der Waals surface area (Å²) in [5, 5.41) is 0. The first kappa shape index (κ1) is 27.2. The fourth-order valence-corrected chi connectivity index (χ4v) is 8.69. The second-order valence-electron chi connectivity index (χ2n) is 12.6. The molecule has 7 rings (SSSR count). The Kier molecular flexibility index (Phi) is 6.45. The molecule has 7 aliphatic rings. The van der Waals surface area contributed by atoms with Gasteiger partial charge in [0.15, 0.2) is 6.29 Å². The summed E-state index contributed by atoms with van der Waals surface area (Å²) in [7, 11) is 0. The van der Waals surface area contributed by atoms with Gasteiger partial charge in [0.25, 0.3) is 0 Å². The third kappa shape index (κ3) is 3.77. The highest BCUT2D eigenvalue weighted by Crippen LogP contribution is 2.74. The third-order valence-electron chi connectivity index (χ3n) is 10.8. The van der Waals surface area contributed by atoms with Gasteiger partial charge >= 0.3 is 17.9 Å². The van der Waals surface area contributed by atoms with Gasteiger partial charge in [-0.25, -0.2) is 4.79 Å². The Bertz CT molecular complexity index is 1070. The molecule has 2 bridgehead atoms. The van der Waals surface area contributed by atoms with Gasteiger partial charge in [-0.05, 0) is 39.0 Å². The molecule has 5 heterocycles. The summed E-state index contributed by atoms with van der Waals surface area (Å²) in [5.74, 6) is -1.53. The number of hydrogen-bond acceptors (Lipinski definition) is 10. The molecule has 12 atom stereocenters. The molecule has 0 aromatic rings. The summed E-state index contributed by atoms with van der Waals surface area (Å²) in [4.78, 5) is 38.2. The molecule has 0 amide bonds. The first-order valence-corrected chi connectivity index (χ1v) is 14.2. The van der Waals surface area contributed by atoms with E-state index in [1.807, 2.05) is 0 Å². The molecule has 0 N–H and O–H groups in total. The first-order chi connectivity index (χ1) is 18.5. The monoisotopic (exact) mass is 548 g/mol. The minimum absolute atomic E-state index is 0.00144. The van der Waals surface area contributed by atoms with Gasteiger partial charge in [-0.3, -0.25) is 9.59 Å². The van der Waals surface area contributed by atoms with Crippen LogP contribution < -0.4 is 0 Å². The number of hydrogen-bond donors (Lipinski definition) is 0. The zero-order valence-corrected chi connectivity index (χ0v) is 23.6. The molecule has 5 saturated heterocycles. The largest absolute Gasteiger partial charge is 0.462 e. The summed E-state index contributed by atoms with van der Waals surface area (Å²) in [6.07, 6.45) is 0.945. The fourth-order valence-electron chi connectivity index (χ4n) is 8.69. The molecule has 216 valence electrons. The standard InChI is InChI=1S/C29H40O10/c1-7-14(2)24(32)39-22-19-12-28(13-34-28)29(26(37-19)36-17(5)31)21(35-16(4)30)10-15(3)27(6,23(22)29)20-11-18-8-9-33-25(18)38-20/h7,15,18-23,25-26H,8-13H2,1-6H3/b14-7+/t15-,18-,19+,20+,21+,22-,23-,25+,26+,27-,28+,29-/m1/s1. The van der Waals surface area contributed by atoms with Crippen LogP contribution in [0.2, 0.25) is 0 Å². The molecule has 2 spiro atoms. The van der Waals surface area contributed by atoms with Crippen molar-refractivity contribution in [1.82, 2.24) is 0 Å². The van der Waals surface area contributed by atoms with Crippen molar-refractivity contribution >= 4 is 17.9 Å². The van der Waals surface area contributed by atoms with Crippen LogP contribution in [0.15, 0.2) is 11.6 Å². The maximum atomic E-state index is 13.3. The SMILES string of the molecule is C/C=C(\C)C(=O)O[C@@H]1[C@@H]2C[C@]3(CO3)[C@]3([C@@H](OC(C)=O)O2)[C@@H](OC(C)=O)C[C@@H](C)[C@](C)([C@@H]2C[C@H]4CCO[C@H]4O2)[C@@H]13. The maximum Gasteiger partial charge on any atom is 0.333 e. The van der Waals surface area contributed by atoms with Crippen LogP contribution in [0.1, 0.15) is 67.2 Å². The Hall–Kier alpha value is -2.01. The summed E-state index contributed by atoms with van der Waals surface area (Å²) >= 11 is 0. The number of esters is 3. The van der Waals surface area contributed by atoms with Gasteiger partial charge < -0.3 is 33.2 Å². The lowest BCUT2D eigenvalue weighted by Crippen LogP contribution is -2.81. The molecule has 7 fully saturated rings. The molecular formula is C29H40O10. The Morgan fingerprint density at radius 3 is 2.33 bits per heavy atom. The van der Waals surface area contributed by atoms with E-state index < -0.39 is 64.9 Å². The lowest BCUT2D eigenvalue weighted by molar-refractivity contribution is -0.400. The molecule has 5 aliphatic heterocycles. The number of rotatable bonds is 5. The molecule has 10 heteroatoms. The topological polar surface area (TPSA) is 119 Å². The van der Waals surface area contributed by atoms with Gasteiger partial charge in [0.2, 0.25) is 6.29 Å². The second kappa shape index (κ2) is 9.26. The summed E-state index contributed by atoms with van der Waals surface area (Å²) < 4.78 is 43.6. The van der Waals surface area contributed by atoms with Gasteiger partial charge in [0.1, 0.15) is 29.3 Å². The third-order valence-corrected chi connectivity index (χ3v) is 10.8. The van der Waals surface area contributed by atoms with Crippen molar-refractivity contribution in [2.75, 3.05) is 13.2 Å². The van der Waals surface area contributed by atoms with E-state index in [2.05, 4.69) is 13.8 Å². The van der Waals surface area contributed by atoms with E-state index in [9.17, 15) is 14.4 Å². The minimum Gasteiger partial charge on any atom is -0.462 e. The van der Waals surface area contributed by atoms with Crippen molar-refractivity contribution in [2.24, 2.45) is 28.6 Å². The van der Waals surface area contributed by atoms with Crippen LogP contribution in [-0.4, -0.2) is 73.7 Å². The van der Waals surface area contributed by atoms with E-state index >= 15 is 0 Å². The zero-order chi connectivity index (χ0) is 27.9. The smallest absolute Gasteiger partial charge is 0.333 e. The molecule has 2 aliphatic carbocycles. The number of carbonyl (C=O) groups excluding carboxylic acids is 3. The van der Waals surface area contributed by atoms with Crippen LogP contribution in [0.5, 0.6) is 0 Å². The first-order valence-electron chi connectivity index (χ1n) is 14.2. The number of fused-ring (bicyclic) bond motifs is 2. The van der Waals surface area contributed by atoms with Gasteiger partial charge in [-0.2, -0.15) is 0 Å². The van der Waals surface area contributed by atoms with Crippen molar-refractivity contribution in [3.05, 3.63) is 11.6 Å². The van der Waals surface area contributed by atoms with Crippen molar-refractivity contribution in [2.45, 2.75) is 110 Å². The number of epoxide rings is 1. The van der Waals surface area contributed by atoms with Gasteiger partial charge in [-0.1, -0.05) is 19.9 Å². The van der Waals surface area contributed by atoms with Crippen molar-refractivity contribution in [3.8, 4) is 0 Å². The average molecular weight is 549 g/mol. The maximum absolute atomic E-state index is 13.3. The Labute approximate surface area is 229 Å².